The molecule has 36 heavy (non-hydrogen) atoms. The highest BCUT2D eigenvalue weighted by Gasteiger charge is 2.29. The molecular weight excluding hydrogens is 478 g/mol. The number of hydrogen-bond acceptors (Lipinski definition) is 8. The molecule has 0 aliphatic heterocycles. The third-order valence-electron chi connectivity index (χ3n) is 4.64. The fourth-order valence-electron chi connectivity index (χ4n) is 2.78. The van der Waals surface area contributed by atoms with Gasteiger partial charge in [-0.05, 0) is 32.6 Å². The molecule has 0 aromatic heterocycles. The molecule has 0 fully saturated rings. The molecule has 0 aliphatic rings. The van der Waals surface area contributed by atoms with Crippen molar-refractivity contribution in [2.24, 2.45) is 44.4 Å². The average Bonchev–Trinajstić information content (AvgIpc) is 2.76. The van der Waals surface area contributed by atoms with Gasteiger partial charge in [0.25, 0.3) is 0 Å². The fourth-order valence-corrected chi connectivity index (χ4v) is 2.78. The first-order valence-electron chi connectivity index (χ1n) is 11.0. The molecule has 0 saturated carbocycles. The van der Waals surface area contributed by atoms with Gasteiger partial charge >= 0.3 is 5.97 Å². The van der Waals surface area contributed by atoms with Crippen molar-refractivity contribution in [3.8, 4) is 0 Å². The van der Waals surface area contributed by atoms with E-state index in [1.165, 1.54) is 6.92 Å². The zero-order chi connectivity index (χ0) is 27.8. The molecule has 4 amide bonds. The second-order valence-electron chi connectivity index (χ2n) is 7.87. The molecule has 17 heteroatoms. The van der Waals surface area contributed by atoms with Crippen molar-refractivity contribution in [2.75, 3.05) is 13.1 Å². The number of amides is 4. The first-order valence-corrected chi connectivity index (χ1v) is 11.0. The number of hydrogen-bond donors (Lipinski definition) is 10. The maximum atomic E-state index is 13.0. The van der Waals surface area contributed by atoms with Gasteiger partial charge in [0.2, 0.25) is 23.6 Å². The Hall–Kier alpha value is -4.15. The lowest BCUT2D eigenvalue weighted by Gasteiger charge is -2.24. The van der Waals surface area contributed by atoms with E-state index in [-0.39, 0.29) is 50.7 Å². The summed E-state index contributed by atoms with van der Waals surface area (Å²) in [4.78, 5) is 67.8. The summed E-state index contributed by atoms with van der Waals surface area (Å²) >= 11 is 0. The van der Waals surface area contributed by atoms with Gasteiger partial charge in [0.1, 0.15) is 18.1 Å². The molecule has 0 saturated heterocycles. The number of nitrogens with one attached hydrogen (secondary N) is 3. The van der Waals surface area contributed by atoms with Crippen LogP contribution in [0.2, 0.25) is 0 Å². The molecule has 0 aromatic carbocycles. The van der Waals surface area contributed by atoms with E-state index in [9.17, 15) is 24.0 Å². The zero-order valence-electron chi connectivity index (χ0n) is 20.1. The number of carboxylic acids is 1. The van der Waals surface area contributed by atoms with Crippen LogP contribution in [0.4, 0.5) is 0 Å². The molecule has 0 spiro atoms. The van der Waals surface area contributed by atoms with Gasteiger partial charge in [-0.2, -0.15) is 0 Å². The molecule has 4 atom stereocenters. The Morgan fingerprint density at radius 1 is 0.750 bits per heavy atom. The Kier molecular flexibility index (Phi) is 14.6. The van der Waals surface area contributed by atoms with E-state index in [0.717, 1.165) is 0 Å². The molecule has 16 N–H and O–H groups in total. The lowest BCUT2D eigenvalue weighted by Crippen LogP contribution is -2.57. The number of primary amides is 1. The number of guanidine groups is 2. The Labute approximate surface area is 207 Å². The number of nitrogens with zero attached hydrogens (tertiary/aromatic N) is 2. The van der Waals surface area contributed by atoms with Crippen LogP contribution in [-0.4, -0.2) is 83.9 Å². The van der Waals surface area contributed by atoms with Gasteiger partial charge in [0, 0.05) is 13.1 Å². The second kappa shape index (κ2) is 16.5. The Balaban J connectivity index is 5.58. The van der Waals surface area contributed by atoms with Gasteiger partial charge in [-0.15, -0.1) is 0 Å². The van der Waals surface area contributed by atoms with Crippen molar-refractivity contribution in [3.05, 3.63) is 0 Å². The lowest BCUT2D eigenvalue weighted by molar-refractivity contribution is -0.141. The molecule has 0 bridgehead atoms. The number of aliphatic imine (C=N–C) groups is 2. The normalized spacial score (nSPS) is 13.7. The van der Waals surface area contributed by atoms with Crippen molar-refractivity contribution in [3.63, 3.8) is 0 Å². The first-order chi connectivity index (χ1) is 16.7. The maximum absolute atomic E-state index is 13.0. The predicted molar refractivity (Wildman–Crippen MR) is 131 cm³/mol. The van der Waals surface area contributed by atoms with E-state index in [0.29, 0.717) is 0 Å². The van der Waals surface area contributed by atoms with Crippen molar-refractivity contribution in [2.45, 2.75) is 63.2 Å². The summed E-state index contributed by atoms with van der Waals surface area (Å²) in [5.41, 5.74) is 31.8. The zero-order valence-corrected chi connectivity index (χ0v) is 20.1. The summed E-state index contributed by atoms with van der Waals surface area (Å²) in [7, 11) is 0. The fraction of sp³-hybridized carbons (Fsp3) is 0.632. The minimum atomic E-state index is -1.30. The maximum Gasteiger partial charge on any atom is 0.325 e. The van der Waals surface area contributed by atoms with E-state index in [1.807, 2.05) is 0 Å². The third-order valence-corrected chi connectivity index (χ3v) is 4.64. The molecule has 0 aromatic rings. The lowest BCUT2D eigenvalue weighted by atomic mass is 10.1. The van der Waals surface area contributed by atoms with Gasteiger partial charge in [-0.25, -0.2) is 0 Å². The molecule has 4 unspecified atom stereocenters. The van der Waals surface area contributed by atoms with Crippen molar-refractivity contribution in [1.29, 1.82) is 0 Å². The topological polar surface area (TPSA) is 323 Å². The summed E-state index contributed by atoms with van der Waals surface area (Å²) in [6.45, 7) is 1.55. The summed E-state index contributed by atoms with van der Waals surface area (Å²) < 4.78 is 0. The molecule has 0 rings (SSSR count). The van der Waals surface area contributed by atoms with Crippen LogP contribution in [0.3, 0.4) is 0 Å². The SMILES string of the molecule is CC(NC(=O)C(CCCN=C(N)N)NC(=O)C(CCCN=C(N)N)NC(=O)C(N)CC(N)=O)C(=O)O. The monoisotopic (exact) mass is 515 g/mol. The molecular formula is C19H37N11O6. The van der Waals surface area contributed by atoms with Crippen LogP contribution >= 0.6 is 0 Å². The Bertz CT molecular complexity index is 840. The number of rotatable bonds is 17. The predicted octanol–water partition coefficient (Wildman–Crippen LogP) is -5.14. The van der Waals surface area contributed by atoms with Crippen LogP contribution in [0.1, 0.15) is 39.0 Å². The number of aliphatic carboxylic acids is 1. The minimum absolute atomic E-state index is 0.0471. The van der Waals surface area contributed by atoms with Crippen LogP contribution in [0.25, 0.3) is 0 Å². The smallest absolute Gasteiger partial charge is 0.325 e. The third kappa shape index (κ3) is 14.2. The van der Waals surface area contributed by atoms with Gasteiger partial charge in [0.15, 0.2) is 11.9 Å². The number of nitrogens with two attached hydrogens (primary N) is 6. The number of carboxylic acid groups (broad SMARTS) is 1. The molecule has 0 heterocycles. The van der Waals surface area contributed by atoms with Gasteiger partial charge in [-0.3, -0.25) is 34.0 Å². The quantitative estimate of drug-likeness (QED) is 0.0495. The van der Waals surface area contributed by atoms with Crippen molar-refractivity contribution >= 4 is 41.5 Å². The molecule has 17 nitrogen and oxygen atoms in total. The highest BCUT2D eigenvalue weighted by molar-refractivity contribution is 5.95. The van der Waals surface area contributed by atoms with Crippen LogP contribution in [-0.2, 0) is 24.0 Å². The number of carbonyl (C=O) groups excluding carboxylic acids is 4. The minimum Gasteiger partial charge on any atom is -0.480 e. The number of carbonyl (C=O) groups is 5. The van der Waals surface area contributed by atoms with Crippen LogP contribution in [0, 0.1) is 0 Å². The van der Waals surface area contributed by atoms with Crippen molar-refractivity contribution in [1.82, 2.24) is 16.0 Å². The van der Waals surface area contributed by atoms with E-state index in [2.05, 4.69) is 25.9 Å². The van der Waals surface area contributed by atoms with Gasteiger partial charge in [0.05, 0.1) is 12.5 Å². The van der Waals surface area contributed by atoms with Gasteiger partial charge in [-0.1, -0.05) is 0 Å². The first kappa shape index (κ1) is 31.9. The van der Waals surface area contributed by atoms with Crippen LogP contribution in [0.15, 0.2) is 9.98 Å². The second-order valence-corrected chi connectivity index (χ2v) is 7.87. The Morgan fingerprint density at radius 2 is 1.17 bits per heavy atom. The highest BCUT2D eigenvalue weighted by Crippen LogP contribution is 2.05. The highest BCUT2D eigenvalue weighted by atomic mass is 16.4. The van der Waals surface area contributed by atoms with Gasteiger partial charge < -0.3 is 55.5 Å². The summed E-state index contributed by atoms with van der Waals surface area (Å²) in [5.74, 6) is -4.74. The van der Waals surface area contributed by atoms with E-state index in [4.69, 9.17) is 39.5 Å². The van der Waals surface area contributed by atoms with E-state index >= 15 is 0 Å². The van der Waals surface area contributed by atoms with E-state index in [1.54, 1.807) is 0 Å². The van der Waals surface area contributed by atoms with Crippen LogP contribution in [0.5, 0.6) is 0 Å². The van der Waals surface area contributed by atoms with Crippen LogP contribution < -0.4 is 50.4 Å². The van der Waals surface area contributed by atoms with Crippen molar-refractivity contribution < 1.29 is 29.1 Å². The Morgan fingerprint density at radius 3 is 1.56 bits per heavy atom. The molecule has 0 radical (unpaired) electrons. The summed E-state index contributed by atoms with van der Waals surface area (Å²) in [5, 5.41) is 16.3. The summed E-state index contributed by atoms with van der Waals surface area (Å²) in [6.07, 6.45) is 0.181. The molecule has 0 aliphatic carbocycles. The average molecular weight is 516 g/mol. The largest absolute Gasteiger partial charge is 0.480 e. The summed E-state index contributed by atoms with van der Waals surface area (Å²) in [6, 6.07) is -4.89. The van der Waals surface area contributed by atoms with E-state index < -0.39 is 60.2 Å². The molecule has 204 valence electrons. The standard InChI is InChI=1S/C19H37N11O6/c1-9(17(35)36)28-15(33)11(4-2-6-26-18(22)23)30-16(34)12(5-3-7-27-19(24)25)29-14(32)10(20)8-13(21)31/h9-12H,2-8,20H2,1H3,(H2,21,31)(H,28,33)(H,29,32)(H,30,34)(H,35,36)(H4,22,23,26)(H4,24,25,27).